The van der Waals surface area contributed by atoms with Crippen LogP contribution in [-0.2, 0) is 19.7 Å². The zero-order valence-electron chi connectivity index (χ0n) is 15.1. The molecule has 1 aromatic heterocycles. The van der Waals surface area contributed by atoms with Gasteiger partial charge in [0.2, 0.25) is 0 Å². The highest BCUT2D eigenvalue weighted by Gasteiger charge is 2.07. The van der Waals surface area contributed by atoms with Crippen molar-refractivity contribution in [3.05, 3.63) is 94.5 Å². The largest absolute Gasteiger partial charge is 0.489 e. The summed E-state index contributed by atoms with van der Waals surface area (Å²) in [4.78, 5) is 7.86. The van der Waals surface area contributed by atoms with Gasteiger partial charge in [-0.3, -0.25) is 0 Å². The molecule has 0 saturated heterocycles. The van der Waals surface area contributed by atoms with Crippen LogP contribution >= 0.6 is 11.6 Å². The van der Waals surface area contributed by atoms with Crippen molar-refractivity contribution in [2.24, 2.45) is 0 Å². The number of H-pyrrole nitrogens is 1. The molecule has 0 unspecified atom stereocenters. The van der Waals surface area contributed by atoms with Gasteiger partial charge in [0.05, 0.1) is 17.6 Å². The number of rotatable bonds is 7. The van der Waals surface area contributed by atoms with E-state index in [1.54, 1.807) is 18.2 Å². The molecule has 1 heterocycles. The second-order valence-electron chi connectivity index (χ2n) is 6.47. The van der Waals surface area contributed by atoms with E-state index in [4.69, 9.17) is 16.3 Å². The van der Waals surface area contributed by atoms with Gasteiger partial charge in [-0.2, -0.15) is 0 Å². The van der Waals surface area contributed by atoms with Gasteiger partial charge >= 0.3 is 0 Å². The molecule has 3 aromatic carbocycles. The molecule has 2 N–H and O–H groups in total. The molecule has 4 aromatic rings. The zero-order chi connectivity index (χ0) is 19.3. The van der Waals surface area contributed by atoms with E-state index in [-0.39, 0.29) is 5.82 Å². The molecule has 4 rings (SSSR count). The summed E-state index contributed by atoms with van der Waals surface area (Å²) in [6, 6.07) is 19.7. The highest BCUT2D eigenvalue weighted by atomic mass is 35.5. The second kappa shape index (κ2) is 8.42. The number of aromatic amines is 1. The maximum Gasteiger partial charge on any atom is 0.124 e. The third-order valence-electron chi connectivity index (χ3n) is 4.38. The van der Waals surface area contributed by atoms with Crippen molar-refractivity contribution in [3.63, 3.8) is 0 Å². The first-order valence-corrected chi connectivity index (χ1v) is 9.35. The van der Waals surface area contributed by atoms with E-state index in [1.165, 1.54) is 12.1 Å². The summed E-state index contributed by atoms with van der Waals surface area (Å²) in [5.41, 5.74) is 3.82. The van der Waals surface area contributed by atoms with Crippen LogP contribution in [-0.4, -0.2) is 9.97 Å². The van der Waals surface area contributed by atoms with Crippen LogP contribution in [0, 0.1) is 5.82 Å². The fraction of sp³-hybridized carbons (Fsp3) is 0.136. The number of nitrogens with one attached hydrogen (secondary N) is 2. The zero-order valence-corrected chi connectivity index (χ0v) is 15.8. The highest BCUT2D eigenvalue weighted by Crippen LogP contribution is 2.24. The van der Waals surface area contributed by atoms with Crippen LogP contribution < -0.4 is 10.1 Å². The maximum atomic E-state index is 13.0. The molecule has 28 heavy (non-hydrogen) atoms. The molecule has 0 spiro atoms. The number of halogens is 2. The molecule has 0 aliphatic heterocycles. The highest BCUT2D eigenvalue weighted by molar-refractivity contribution is 6.30. The summed E-state index contributed by atoms with van der Waals surface area (Å²) in [7, 11) is 0. The van der Waals surface area contributed by atoms with Crippen LogP contribution in [0.3, 0.4) is 0 Å². The molecule has 0 radical (unpaired) electrons. The number of ether oxygens (including phenoxy) is 1. The lowest BCUT2D eigenvalue weighted by molar-refractivity contribution is 0.302. The van der Waals surface area contributed by atoms with Crippen molar-refractivity contribution in [2.45, 2.75) is 19.7 Å². The summed E-state index contributed by atoms with van der Waals surface area (Å²) in [6.45, 7) is 1.54. The summed E-state index contributed by atoms with van der Waals surface area (Å²) < 4.78 is 19.0. The molecule has 0 amide bonds. The van der Waals surface area contributed by atoms with E-state index < -0.39 is 0 Å². The van der Waals surface area contributed by atoms with Gasteiger partial charge in [-0.1, -0.05) is 35.9 Å². The number of aromatic nitrogens is 2. The predicted octanol–water partition coefficient (Wildman–Crippen LogP) is 5.22. The molecule has 0 bridgehead atoms. The van der Waals surface area contributed by atoms with Crippen molar-refractivity contribution in [1.82, 2.24) is 15.3 Å². The number of hydrogen-bond acceptors (Lipinski definition) is 3. The summed E-state index contributed by atoms with van der Waals surface area (Å²) in [6.07, 6.45) is 0. The van der Waals surface area contributed by atoms with Crippen molar-refractivity contribution in [1.29, 1.82) is 0 Å². The standard InChI is InChI=1S/C22H19ClFN3O/c23-17-7-10-21(28-14-15-5-8-18(24)9-6-15)16(11-17)12-25-13-22-26-19-3-1-2-4-20(19)27-22/h1-11,25H,12-14H2,(H,26,27). The van der Waals surface area contributed by atoms with Crippen LogP contribution in [0.4, 0.5) is 4.39 Å². The lowest BCUT2D eigenvalue weighted by atomic mass is 10.2. The maximum absolute atomic E-state index is 13.0. The van der Waals surface area contributed by atoms with Crippen molar-refractivity contribution >= 4 is 22.6 Å². The number of imidazole rings is 1. The lowest BCUT2D eigenvalue weighted by Gasteiger charge is -2.13. The quantitative estimate of drug-likeness (QED) is 0.451. The Morgan fingerprint density at radius 1 is 1.00 bits per heavy atom. The Bertz CT molecular complexity index is 1050. The summed E-state index contributed by atoms with van der Waals surface area (Å²) >= 11 is 6.16. The van der Waals surface area contributed by atoms with Crippen LogP contribution in [0.2, 0.25) is 5.02 Å². The first-order valence-electron chi connectivity index (χ1n) is 8.97. The van der Waals surface area contributed by atoms with Crippen LogP contribution in [0.15, 0.2) is 66.7 Å². The molecule has 4 nitrogen and oxygen atoms in total. The van der Waals surface area contributed by atoms with Gasteiger partial charge < -0.3 is 15.0 Å². The van der Waals surface area contributed by atoms with Crippen LogP contribution in [0.5, 0.6) is 5.75 Å². The lowest BCUT2D eigenvalue weighted by Crippen LogP contribution is -2.14. The third-order valence-corrected chi connectivity index (χ3v) is 4.61. The number of hydrogen-bond donors (Lipinski definition) is 2. The minimum absolute atomic E-state index is 0.259. The third kappa shape index (κ3) is 4.50. The number of benzene rings is 3. The molecule has 6 heteroatoms. The summed E-state index contributed by atoms with van der Waals surface area (Å²) in [5, 5.41) is 4.02. The van der Waals surface area contributed by atoms with Crippen LogP contribution in [0.1, 0.15) is 17.0 Å². The Morgan fingerprint density at radius 2 is 1.82 bits per heavy atom. The van der Waals surface area contributed by atoms with E-state index in [0.717, 1.165) is 33.7 Å². The van der Waals surface area contributed by atoms with Crippen molar-refractivity contribution in [3.8, 4) is 5.75 Å². The minimum atomic E-state index is -0.259. The predicted molar refractivity (Wildman–Crippen MR) is 109 cm³/mol. The molecule has 0 saturated carbocycles. The van der Waals surface area contributed by atoms with Crippen molar-refractivity contribution < 1.29 is 9.13 Å². The average molecular weight is 396 g/mol. The second-order valence-corrected chi connectivity index (χ2v) is 6.91. The fourth-order valence-electron chi connectivity index (χ4n) is 2.97. The molecule has 142 valence electrons. The molecular weight excluding hydrogens is 377 g/mol. The van der Waals surface area contributed by atoms with E-state index in [9.17, 15) is 4.39 Å². The number of fused-ring (bicyclic) bond motifs is 1. The van der Waals surface area contributed by atoms with Gasteiger partial charge in [-0.05, 0) is 48.0 Å². The normalized spacial score (nSPS) is 11.1. The Kier molecular flexibility index (Phi) is 5.55. The van der Waals surface area contributed by atoms with Gasteiger partial charge in [-0.15, -0.1) is 0 Å². The van der Waals surface area contributed by atoms with Gasteiger partial charge in [0.1, 0.15) is 24.0 Å². The van der Waals surface area contributed by atoms with E-state index in [0.29, 0.717) is 24.7 Å². The average Bonchev–Trinajstić information content (AvgIpc) is 3.11. The SMILES string of the molecule is Fc1ccc(COc2ccc(Cl)cc2CNCc2nc3ccccc3[nH]2)cc1. The molecule has 0 aliphatic rings. The van der Waals surface area contributed by atoms with E-state index >= 15 is 0 Å². The Balaban J connectivity index is 1.40. The Labute approximate surface area is 167 Å². The number of para-hydroxylation sites is 2. The molecular formula is C22H19ClFN3O. The van der Waals surface area contributed by atoms with Crippen molar-refractivity contribution in [2.75, 3.05) is 0 Å². The smallest absolute Gasteiger partial charge is 0.124 e. The minimum Gasteiger partial charge on any atom is -0.489 e. The van der Waals surface area contributed by atoms with E-state index in [1.807, 2.05) is 36.4 Å². The fourth-order valence-corrected chi connectivity index (χ4v) is 3.17. The van der Waals surface area contributed by atoms with Gasteiger partial charge in [-0.25, -0.2) is 9.37 Å². The molecule has 0 aliphatic carbocycles. The topological polar surface area (TPSA) is 49.9 Å². The Hall–Kier alpha value is -2.89. The monoisotopic (exact) mass is 395 g/mol. The van der Waals surface area contributed by atoms with Gasteiger partial charge in [0.15, 0.2) is 0 Å². The Morgan fingerprint density at radius 3 is 2.64 bits per heavy atom. The van der Waals surface area contributed by atoms with E-state index in [2.05, 4.69) is 15.3 Å². The molecule has 0 atom stereocenters. The van der Waals surface area contributed by atoms with Crippen LogP contribution in [0.25, 0.3) is 11.0 Å². The molecule has 0 fully saturated rings. The first kappa shape index (κ1) is 18.5. The number of nitrogens with zero attached hydrogens (tertiary/aromatic N) is 1. The summed E-state index contributed by atoms with van der Waals surface area (Å²) in [5.74, 6) is 1.36. The first-order chi connectivity index (χ1) is 13.7. The van der Waals surface area contributed by atoms with Gasteiger partial charge in [0.25, 0.3) is 0 Å². The van der Waals surface area contributed by atoms with Gasteiger partial charge in [0, 0.05) is 17.1 Å².